The number of alkyl halides is 3. The van der Waals surface area contributed by atoms with Crippen LogP contribution in [0, 0.1) is 0 Å². The van der Waals surface area contributed by atoms with E-state index in [1.165, 1.54) is 0 Å². The Morgan fingerprint density at radius 2 is 1.76 bits per heavy atom. The molecule has 5 nitrogen and oxygen atoms in total. The van der Waals surface area contributed by atoms with Crippen molar-refractivity contribution in [3.63, 3.8) is 0 Å². The highest BCUT2D eigenvalue weighted by atomic mass is 32.2. The van der Waals surface area contributed by atoms with Gasteiger partial charge in [0.2, 0.25) is 0 Å². The first-order valence-corrected chi connectivity index (χ1v) is 10.4. The summed E-state index contributed by atoms with van der Waals surface area (Å²) in [5.41, 5.74) is -0.591. The molecule has 1 atom stereocenters. The second-order valence-electron chi connectivity index (χ2n) is 7.48. The lowest BCUT2D eigenvalue weighted by molar-refractivity contribution is -0.134. The minimum absolute atomic E-state index is 0.0692. The van der Waals surface area contributed by atoms with Gasteiger partial charge in [-0.25, -0.2) is 13.2 Å². The van der Waals surface area contributed by atoms with Crippen LogP contribution < -0.4 is 0 Å². The Bertz CT molecular complexity index is 541. The SMILES string of the molecule is CC(C)(C)OC(=O)N1CCCC1CCCS(=O)(=O)CCCC(F)(F)F. The molecule has 9 heteroatoms. The molecule has 1 saturated heterocycles. The average molecular weight is 387 g/mol. The van der Waals surface area contributed by atoms with Gasteiger partial charge < -0.3 is 9.64 Å². The van der Waals surface area contributed by atoms with Gasteiger partial charge in [0, 0.05) is 19.0 Å². The molecule has 0 bridgehead atoms. The van der Waals surface area contributed by atoms with Gasteiger partial charge in [-0.2, -0.15) is 13.2 Å². The van der Waals surface area contributed by atoms with Crippen molar-refractivity contribution in [3.8, 4) is 0 Å². The number of carbonyl (C=O) groups is 1. The van der Waals surface area contributed by atoms with Crippen LogP contribution in [0.1, 0.15) is 59.3 Å². The number of nitrogens with zero attached hydrogens (tertiary/aromatic N) is 1. The molecule has 0 spiro atoms. The first kappa shape index (κ1) is 22.1. The highest BCUT2D eigenvalue weighted by Crippen LogP contribution is 2.25. The van der Waals surface area contributed by atoms with Crippen LogP contribution in [-0.4, -0.2) is 55.3 Å². The molecule has 1 heterocycles. The largest absolute Gasteiger partial charge is 0.444 e. The molecule has 0 saturated carbocycles. The van der Waals surface area contributed by atoms with Crippen LogP contribution in [0.25, 0.3) is 0 Å². The van der Waals surface area contributed by atoms with Gasteiger partial charge >= 0.3 is 12.3 Å². The zero-order chi connectivity index (χ0) is 19.3. The van der Waals surface area contributed by atoms with Crippen LogP contribution in [0.5, 0.6) is 0 Å². The third-order valence-corrected chi connectivity index (χ3v) is 5.73. The second-order valence-corrected chi connectivity index (χ2v) is 9.79. The topological polar surface area (TPSA) is 63.7 Å². The number of amides is 1. The quantitative estimate of drug-likeness (QED) is 0.664. The molecule has 25 heavy (non-hydrogen) atoms. The van der Waals surface area contributed by atoms with Crippen molar-refractivity contribution in [1.82, 2.24) is 4.90 Å². The lowest BCUT2D eigenvalue weighted by Gasteiger charge is -2.28. The summed E-state index contributed by atoms with van der Waals surface area (Å²) in [6, 6.07) is -0.0692. The van der Waals surface area contributed by atoms with Crippen LogP contribution in [-0.2, 0) is 14.6 Å². The van der Waals surface area contributed by atoms with Gasteiger partial charge in [-0.05, 0) is 52.9 Å². The lowest BCUT2D eigenvalue weighted by Crippen LogP contribution is -2.39. The minimum Gasteiger partial charge on any atom is -0.444 e. The van der Waals surface area contributed by atoms with E-state index in [2.05, 4.69) is 0 Å². The summed E-state index contributed by atoms with van der Waals surface area (Å²) in [7, 11) is -3.50. The van der Waals surface area contributed by atoms with Crippen molar-refractivity contribution in [2.45, 2.75) is 77.1 Å². The predicted molar refractivity (Wildman–Crippen MR) is 89.1 cm³/mol. The Balaban J connectivity index is 2.40. The maximum Gasteiger partial charge on any atom is 0.410 e. The van der Waals surface area contributed by atoms with Crippen molar-refractivity contribution in [1.29, 1.82) is 0 Å². The monoisotopic (exact) mass is 387 g/mol. The molecule has 1 unspecified atom stereocenters. The molecule has 0 radical (unpaired) electrons. The maximum atomic E-state index is 12.1. The first-order chi connectivity index (χ1) is 11.3. The molecule has 148 valence electrons. The molecule has 0 aromatic carbocycles. The number of halogens is 3. The lowest BCUT2D eigenvalue weighted by atomic mass is 10.1. The van der Waals surface area contributed by atoms with E-state index in [1.54, 1.807) is 25.7 Å². The van der Waals surface area contributed by atoms with Crippen LogP contribution in [0.4, 0.5) is 18.0 Å². The van der Waals surface area contributed by atoms with Gasteiger partial charge in [-0.15, -0.1) is 0 Å². The predicted octanol–water partition coefficient (Wildman–Crippen LogP) is 3.92. The van der Waals surface area contributed by atoms with Gasteiger partial charge in [0.1, 0.15) is 15.4 Å². The highest BCUT2D eigenvalue weighted by Gasteiger charge is 2.32. The summed E-state index contributed by atoms with van der Waals surface area (Å²) >= 11 is 0. The summed E-state index contributed by atoms with van der Waals surface area (Å²) < 4.78 is 65.2. The number of sulfone groups is 1. The fourth-order valence-electron chi connectivity index (χ4n) is 2.83. The number of ether oxygens (including phenoxy) is 1. The molecule has 1 aliphatic rings. The Kier molecular flexibility index (Phi) is 7.58. The first-order valence-electron chi connectivity index (χ1n) is 8.56. The summed E-state index contributed by atoms with van der Waals surface area (Å²) in [5, 5.41) is 0. The molecular weight excluding hydrogens is 359 g/mol. The normalized spacial score (nSPS) is 19.3. The molecule has 1 rings (SSSR count). The summed E-state index contributed by atoms with van der Waals surface area (Å²) in [4.78, 5) is 13.8. The molecule has 1 amide bonds. The number of rotatable bonds is 7. The van der Waals surface area contributed by atoms with Gasteiger partial charge in [-0.1, -0.05) is 0 Å². The van der Waals surface area contributed by atoms with E-state index in [0.29, 0.717) is 19.4 Å². The van der Waals surface area contributed by atoms with Crippen molar-refractivity contribution in [2.75, 3.05) is 18.1 Å². The Hall–Kier alpha value is -0.990. The third-order valence-electron chi connectivity index (χ3n) is 3.91. The summed E-state index contributed by atoms with van der Waals surface area (Å²) in [6.45, 7) is 5.93. The van der Waals surface area contributed by atoms with E-state index < -0.39 is 46.3 Å². The number of carbonyl (C=O) groups excluding carboxylic acids is 1. The maximum absolute atomic E-state index is 12.1. The van der Waals surface area contributed by atoms with Crippen molar-refractivity contribution in [2.24, 2.45) is 0 Å². The van der Waals surface area contributed by atoms with E-state index >= 15 is 0 Å². The molecule has 0 N–H and O–H groups in total. The van der Waals surface area contributed by atoms with Crippen LogP contribution in [0.3, 0.4) is 0 Å². The van der Waals surface area contributed by atoms with Gasteiger partial charge in [0.05, 0.1) is 11.5 Å². The Labute approximate surface area is 147 Å². The number of hydrogen-bond acceptors (Lipinski definition) is 4. The van der Waals surface area contributed by atoms with Crippen molar-refractivity contribution < 1.29 is 31.1 Å². The second kappa shape index (κ2) is 8.60. The standard InChI is InChI=1S/C16H28F3NO4S/c1-15(2,3)24-14(21)20-10-4-7-13(20)8-5-11-25(22,23)12-6-9-16(17,18)19/h13H,4-12H2,1-3H3. The fraction of sp³-hybridized carbons (Fsp3) is 0.938. The van der Waals surface area contributed by atoms with Crippen molar-refractivity contribution >= 4 is 15.9 Å². The van der Waals surface area contributed by atoms with Gasteiger partial charge in [0.15, 0.2) is 0 Å². The summed E-state index contributed by atoms with van der Waals surface area (Å²) in [5.74, 6) is -0.601. The third kappa shape index (κ3) is 9.32. The Morgan fingerprint density at radius 1 is 1.16 bits per heavy atom. The number of hydrogen-bond donors (Lipinski definition) is 0. The van der Waals surface area contributed by atoms with E-state index in [4.69, 9.17) is 4.74 Å². The van der Waals surface area contributed by atoms with Gasteiger partial charge in [0.25, 0.3) is 0 Å². The molecule has 0 aromatic rings. The van der Waals surface area contributed by atoms with E-state index in [9.17, 15) is 26.4 Å². The average Bonchev–Trinajstić information content (AvgIpc) is 2.83. The van der Waals surface area contributed by atoms with Crippen molar-refractivity contribution in [3.05, 3.63) is 0 Å². The zero-order valence-electron chi connectivity index (χ0n) is 15.1. The molecule has 0 aliphatic carbocycles. The molecule has 1 fully saturated rings. The van der Waals surface area contributed by atoms with Crippen LogP contribution in [0.2, 0.25) is 0 Å². The van der Waals surface area contributed by atoms with E-state index in [1.807, 2.05) is 0 Å². The van der Waals surface area contributed by atoms with Crippen LogP contribution >= 0.6 is 0 Å². The molecule has 1 aliphatic heterocycles. The summed E-state index contributed by atoms with van der Waals surface area (Å²) in [6.07, 6.45) is -3.75. The van der Waals surface area contributed by atoms with Crippen LogP contribution in [0.15, 0.2) is 0 Å². The van der Waals surface area contributed by atoms with E-state index in [-0.39, 0.29) is 11.8 Å². The fourth-order valence-corrected chi connectivity index (χ4v) is 4.22. The number of likely N-dealkylation sites (tertiary alicyclic amines) is 1. The molecule has 0 aromatic heterocycles. The zero-order valence-corrected chi connectivity index (χ0v) is 15.9. The highest BCUT2D eigenvalue weighted by molar-refractivity contribution is 7.91. The minimum atomic E-state index is -4.33. The Morgan fingerprint density at radius 3 is 2.32 bits per heavy atom. The van der Waals surface area contributed by atoms with E-state index in [0.717, 1.165) is 12.8 Å². The van der Waals surface area contributed by atoms with Gasteiger partial charge in [-0.3, -0.25) is 0 Å². The smallest absolute Gasteiger partial charge is 0.410 e. The molecular formula is C16H28F3NO4S.